The highest BCUT2D eigenvalue weighted by molar-refractivity contribution is 6.31. The lowest BCUT2D eigenvalue weighted by Crippen LogP contribution is -2.75. The van der Waals surface area contributed by atoms with Gasteiger partial charge in [-0.15, -0.1) is 0 Å². The van der Waals surface area contributed by atoms with Gasteiger partial charge in [0.05, 0.1) is 18.2 Å². The highest BCUT2D eigenvalue weighted by Gasteiger charge is 2.61. The molecule has 3 aliphatic rings. The normalized spacial score (nSPS) is 28.4. The molecule has 8 heteroatoms. The van der Waals surface area contributed by atoms with Crippen LogP contribution in [0.15, 0.2) is 35.5 Å². The molecule has 0 aliphatic carbocycles. The number of benzene rings is 1. The molecule has 3 fully saturated rings. The minimum atomic E-state index is -1.23. The number of nitrogens with one attached hydrogen (secondary N) is 2. The molecular weight excluding hydrogens is 368 g/mol. The van der Waals surface area contributed by atoms with Crippen LogP contribution in [0.5, 0.6) is 0 Å². The number of rotatable bonds is 3. The number of nitrogens with zero attached hydrogens (tertiary/aromatic N) is 2. The summed E-state index contributed by atoms with van der Waals surface area (Å²) in [4.78, 5) is 25.6. The monoisotopic (exact) mass is 384 g/mol. The molecule has 0 unspecified atom stereocenters. The van der Waals surface area contributed by atoms with Gasteiger partial charge in [0.25, 0.3) is 0 Å². The molecular formula is C19H17ClN4O3. The lowest BCUT2D eigenvalue weighted by Gasteiger charge is -2.55. The molecule has 0 spiro atoms. The van der Waals surface area contributed by atoms with Crippen LogP contribution in [-0.2, 0) is 14.3 Å². The van der Waals surface area contributed by atoms with Gasteiger partial charge in [0.15, 0.2) is 0 Å². The van der Waals surface area contributed by atoms with Gasteiger partial charge in [-0.05, 0) is 25.5 Å². The van der Waals surface area contributed by atoms with Crippen molar-refractivity contribution in [3.63, 3.8) is 0 Å². The Morgan fingerprint density at radius 1 is 1.30 bits per heavy atom. The second-order valence-corrected chi connectivity index (χ2v) is 6.99. The number of carbonyl (C=O) groups is 2. The Labute approximate surface area is 161 Å². The van der Waals surface area contributed by atoms with E-state index in [1.54, 1.807) is 38.1 Å². The van der Waals surface area contributed by atoms with Crippen molar-refractivity contribution in [1.29, 1.82) is 10.5 Å². The number of hydrogen-bond donors (Lipinski definition) is 2. The molecule has 0 aromatic heterocycles. The predicted molar refractivity (Wildman–Crippen MR) is 95.7 cm³/mol. The first-order chi connectivity index (χ1) is 12.9. The number of hydrogen-bond acceptors (Lipinski definition) is 6. The average molecular weight is 385 g/mol. The number of allylic oxidation sites excluding steroid dienone is 1. The predicted octanol–water partition coefficient (Wildman–Crippen LogP) is 1.97. The van der Waals surface area contributed by atoms with Crippen LogP contribution in [0.1, 0.15) is 25.3 Å². The van der Waals surface area contributed by atoms with E-state index in [-0.39, 0.29) is 23.8 Å². The smallest absolute Gasteiger partial charge is 0.313 e. The number of amides is 1. The fourth-order valence-electron chi connectivity index (χ4n) is 3.99. The third kappa shape index (κ3) is 2.90. The van der Waals surface area contributed by atoms with Crippen LogP contribution >= 0.6 is 11.6 Å². The first-order valence-corrected chi connectivity index (χ1v) is 8.81. The molecule has 0 saturated carbocycles. The Balaban J connectivity index is 2.27. The molecule has 0 radical (unpaired) electrons. The lowest BCUT2D eigenvalue weighted by atomic mass is 9.63. The van der Waals surface area contributed by atoms with Gasteiger partial charge in [0.2, 0.25) is 5.91 Å². The Morgan fingerprint density at radius 2 is 1.96 bits per heavy atom. The standard InChI is InChI=1S/C19H17ClN4O3/c1-3-27-18(26)15-13(11-6-4-5-7-12(11)20)14-16(10(8-21)9-22)23-19(15,2)24-17(14)25/h4-7,13-15,23H,3H2,1-2H3,(H,24,25)/t13-,14-,15+,19-/m1/s1. The van der Waals surface area contributed by atoms with Crippen LogP contribution < -0.4 is 10.6 Å². The summed E-state index contributed by atoms with van der Waals surface area (Å²) in [5.74, 6) is -3.26. The molecule has 2 bridgehead atoms. The summed E-state index contributed by atoms with van der Waals surface area (Å²) in [6.07, 6.45) is 0. The van der Waals surface area contributed by atoms with E-state index in [1.807, 2.05) is 12.1 Å². The van der Waals surface area contributed by atoms with Crippen molar-refractivity contribution < 1.29 is 14.3 Å². The first-order valence-electron chi connectivity index (χ1n) is 8.43. The Hall–Kier alpha value is -3.03. The molecule has 4 rings (SSSR count). The molecule has 27 heavy (non-hydrogen) atoms. The van der Waals surface area contributed by atoms with Crippen LogP contribution in [0, 0.1) is 34.5 Å². The molecule has 3 aliphatic heterocycles. The summed E-state index contributed by atoms with van der Waals surface area (Å²) < 4.78 is 5.26. The van der Waals surface area contributed by atoms with Crippen molar-refractivity contribution in [2.45, 2.75) is 25.4 Å². The number of esters is 1. The third-order valence-corrected chi connectivity index (χ3v) is 5.35. The van der Waals surface area contributed by atoms with Gasteiger partial charge in [-0.25, -0.2) is 0 Å². The maximum Gasteiger partial charge on any atom is 0.313 e. The van der Waals surface area contributed by atoms with E-state index >= 15 is 0 Å². The summed E-state index contributed by atoms with van der Waals surface area (Å²) in [7, 11) is 0. The first kappa shape index (κ1) is 18.8. The minimum absolute atomic E-state index is 0.184. The van der Waals surface area contributed by atoms with Gasteiger partial charge < -0.3 is 15.4 Å². The lowest BCUT2D eigenvalue weighted by molar-refractivity contribution is -0.160. The highest BCUT2D eigenvalue weighted by atomic mass is 35.5. The van der Waals surface area contributed by atoms with Gasteiger partial charge in [-0.1, -0.05) is 29.8 Å². The topological polar surface area (TPSA) is 115 Å². The average Bonchev–Trinajstić information content (AvgIpc) is 2.62. The maximum atomic E-state index is 12.8. The third-order valence-electron chi connectivity index (χ3n) is 5.01. The Morgan fingerprint density at radius 3 is 2.56 bits per heavy atom. The van der Waals surface area contributed by atoms with E-state index in [2.05, 4.69) is 10.6 Å². The van der Waals surface area contributed by atoms with Crippen molar-refractivity contribution in [1.82, 2.24) is 10.6 Å². The zero-order chi connectivity index (χ0) is 19.8. The van der Waals surface area contributed by atoms with E-state index < -0.39 is 29.4 Å². The van der Waals surface area contributed by atoms with Crippen LogP contribution in [-0.4, -0.2) is 24.1 Å². The number of halogens is 1. The molecule has 7 nitrogen and oxygen atoms in total. The van der Waals surface area contributed by atoms with Gasteiger partial charge in [-0.3, -0.25) is 9.59 Å². The van der Waals surface area contributed by atoms with E-state index in [0.717, 1.165) is 0 Å². The molecule has 3 heterocycles. The van der Waals surface area contributed by atoms with Gasteiger partial charge in [-0.2, -0.15) is 10.5 Å². The van der Waals surface area contributed by atoms with Crippen molar-refractivity contribution >= 4 is 23.5 Å². The quantitative estimate of drug-likeness (QED) is 0.608. The number of piperidine rings is 2. The summed E-state index contributed by atoms with van der Waals surface area (Å²) in [5.41, 5.74) is -0.620. The zero-order valence-electron chi connectivity index (χ0n) is 14.7. The van der Waals surface area contributed by atoms with Crippen LogP contribution in [0.2, 0.25) is 5.02 Å². The highest BCUT2D eigenvalue weighted by Crippen LogP contribution is 2.50. The fourth-order valence-corrected chi connectivity index (χ4v) is 4.25. The summed E-state index contributed by atoms with van der Waals surface area (Å²) in [6.45, 7) is 3.52. The summed E-state index contributed by atoms with van der Waals surface area (Å²) >= 11 is 6.38. The molecule has 1 aromatic carbocycles. The Bertz CT molecular complexity index is 914. The number of ether oxygens (including phenoxy) is 1. The van der Waals surface area contributed by atoms with E-state index in [1.165, 1.54) is 0 Å². The Kier molecular flexibility index (Phi) is 4.82. The van der Waals surface area contributed by atoms with E-state index in [9.17, 15) is 20.1 Å². The van der Waals surface area contributed by atoms with E-state index in [4.69, 9.17) is 16.3 Å². The van der Waals surface area contributed by atoms with Crippen LogP contribution in [0.4, 0.5) is 0 Å². The van der Waals surface area contributed by atoms with Gasteiger partial charge >= 0.3 is 5.97 Å². The SMILES string of the molecule is CCOC(=O)[C@@H]1[C@H](c2ccccc2Cl)[C@H]2C(=O)N[C@@]1(C)NC2=C(C#N)C#N. The van der Waals surface area contributed by atoms with Gasteiger partial charge in [0.1, 0.15) is 29.3 Å². The number of carbonyl (C=O) groups excluding carboxylic acids is 2. The summed E-state index contributed by atoms with van der Waals surface area (Å²) in [6, 6.07) is 10.6. The van der Waals surface area contributed by atoms with Crippen molar-refractivity contribution in [2.75, 3.05) is 6.61 Å². The molecule has 3 saturated heterocycles. The van der Waals surface area contributed by atoms with Crippen molar-refractivity contribution in [3.8, 4) is 12.1 Å². The second kappa shape index (κ2) is 6.94. The number of fused-ring (bicyclic) bond motifs is 3. The van der Waals surface area contributed by atoms with Crippen LogP contribution in [0.25, 0.3) is 0 Å². The minimum Gasteiger partial charge on any atom is -0.466 e. The van der Waals surface area contributed by atoms with Gasteiger partial charge in [0, 0.05) is 10.9 Å². The number of nitriles is 2. The molecule has 1 amide bonds. The van der Waals surface area contributed by atoms with E-state index in [0.29, 0.717) is 10.6 Å². The molecule has 4 atom stereocenters. The van der Waals surface area contributed by atoms with Crippen molar-refractivity contribution in [2.24, 2.45) is 11.8 Å². The molecule has 2 N–H and O–H groups in total. The molecule has 1 aromatic rings. The summed E-state index contributed by atoms with van der Waals surface area (Å²) in [5, 5.41) is 24.9. The second-order valence-electron chi connectivity index (χ2n) is 6.58. The molecule has 138 valence electrons. The maximum absolute atomic E-state index is 12.8. The zero-order valence-corrected chi connectivity index (χ0v) is 15.5. The fraction of sp³-hybridized carbons (Fsp3) is 0.368. The van der Waals surface area contributed by atoms with Crippen LogP contribution in [0.3, 0.4) is 0 Å². The van der Waals surface area contributed by atoms with Crippen molar-refractivity contribution in [3.05, 3.63) is 46.1 Å². The largest absolute Gasteiger partial charge is 0.466 e.